The van der Waals surface area contributed by atoms with Gasteiger partial charge in [0.2, 0.25) is 0 Å². The Morgan fingerprint density at radius 2 is 2.12 bits per heavy atom. The fourth-order valence-electron chi connectivity index (χ4n) is 2.16. The van der Waals surface area contributed by atoms with E-state index in [0.29, 0.717) is 26.4 Å². The van der Waals surface area contributed by atoms with E-state index in [-0.39, 0.29) is 4.90 Å². The number of hydrogen-bond acceptors (Lipinski definition) is 5. The van der Waals surface area contributed by atoms with Crippen molar-refractivity contribution in [2.75, 3.05) is 7.05 Å². The summed E-state index contributed by atoms with van der Waals surface area (Å²) in [5, 5.41) is 8.46. The normalized spacial score (nSPS) is 12.2. The highest BCUT2D eigenvalue weighted by molar-refractivity contribution is 9.10. The molecule has 0 fully saturated rings. The van der Waals surface area contributed by atoms with Crippen molar-refractivity contribution in [2.24, 2.45) is 5.10 Å². The van der Waals surface area contributed by atoms with E-state index in [9.17, 15) is 8.42 Å². The van der Waals surface area contributed by atoms with Crippen LogP contribution in [0.1, 0.15) is 11.1 Å². The number of hydrazone groups is 1. The molecule has 2 heterocycles. The highest BCUT2D eigenvalue weighted by Crippen LogP contribution is 2.23. The molecule has 10 heteroatoms. The summed E-state index contributed by atoms with van der Waals surface area (Å²) in [5.41, 5.74) is 1.67. The molecule has 0 aliphatic carbocycles. The summed E-state index contributed by atoms with van der Waals surface area (Å²) in [7, 11) is -2.40. The molecule has 0 aliphatic rings. The average molecular weight is 443 g/mol. The number of rotatable bonds is 4. The third kappa shape index (κ3) is 3.53. The van der Waals surface area contributed by atoms with Crippen LogP contribution in [0.5, 0.6) is 0 Å². The minimum atomic E-state index is -3.78. The SMILES string of the molecule is Cc1ccc(Br)cc1S(=O)(=O)N(C)/N=C/c1cnn2ccc(Cl)nc12. The molecule has 0 amide bonds. The number of aryl methyl sites for hydroxylation is 1. The first-order chi connectivity index (χ1) is 11.8. The van der Waals surface area contributed by atoms with Gasteiger partial charge in [0, 0.05) is 17.7 Å². The average Bonchev–Trinajstić information content (AvgIpc) is 2.96. The summed E-state index contributed by atoms with van der Waals surface area (Å²) in [6, 6.07) is 6.67. The monoisotopic (exact) mass is 441 g/mol. The molecule has 2 aromatic heterocycles. The van der Waals surface area contributed by atoms with E-state index in [1.807, 2.05) is 0 Å². The standard InChI is InChI=1S/C15H13BrClN5O2S/c1-10-3-4-12(16)7-13(10)25(23,24)21(2)18-8-11-9-19-22-6-5-14(17)20-15(11)22/h3-9H,1-2H3/b18-8+. The Bertz CT molecular complexity index is 1080. The summed E-state index contributed by atoms with van der Waals surface area (Å²) in [5.74, 6) is 0. The number of sulfonamides is 1. The van der Waals surface area contributed by atoms with Crippen molar-refractivity contribution in [3.63, 3.8) is 0 Å². The van der Waals surface area contributed by atoms with Gasteiger partial charge in [-0.3, -0.25) is 0 Å². The third-order valence-electron chi connectivity index (χ3n) is 3.50. The summed E-state index contributed by atoms with van der Waals surface area (Å²) in [6.45, 7) is 1.73. The van der Waals surface area contributed by atoms with Crippen LogP contribution in [0.2, 0.25) is 5.15 Å². The number of fused-ring (bicyclic) bond motifs is 1. The minimum absolute atomic E-state index is 0.183. The van der Waals surface area contributed by atoms with Crippen LogP contribution in [0, 0.1) is 6.92 Å². The van der Waals surface area contributed by atoms with Crippen LogP contribution in [0.15, 0.2) is 51.1 Å². The number of halogens is 2. The lowest BCUT2D eigenvalue weighted by molar-refractivity contribution is 0.490. The first-order valence-corrected chi connectivity index (χ1v) is 9.69. The van der Waals surface area contributed by atoms with Gasteiger partial charge in [-0.05, 0) is 30.7 Å². The lowest BCUT2D eigenvalue weighted by atomic mass is 10.2. The van der Waals surface area contributed by atoms with Crippen molar-refractivity contribution in [2.45, 2.75) is 11.8 Å². The van der Waals surface area contributed by atoms with Gasteiger partial charge in [-0.15, -0.1) is 0 Å². The van der Waals surface area contributed by atoms with Crippen LogP contribution in [0.4, 0.5) is 0 Å². The maximum atomic E-state index is 12.7. The van der Waals surface area contributed by atoms with Crippen molar-refractivity contribution in [3.05, 3.63) is 57.4 Å². The molecule has 0 saturated carbocycles. The molecule has 0 bridgehead atoms. The molecular formula is C15H13BrClN5O2S. The second-order valence-electron chi connectivity index (χ2n) is 5.21. The highest BCUT2D eigenvalue weighted by atomic mass is 79.9. The van der Waals surface area contributed by atoms with Gasteiger partial charge < -0.3 is 0 Å². The zero-order valence-corrected chi connectivity index (χ0v) is 16.4. The Balaban J connectivity index is 1.95. The quantitative estimate of drug-likeness (QED) is 0.353. The Labute approximate surface area is 158 Å². The second kappa shape index (κ2) is 6.74. The largest absolute Gasteiger partial charge is 0.279 e. The van der Waals surface area contributed by atoms with Gasteiger partial charge in [0.1, 0.15) is 5.15 Å². The minimum Gasteiger partial charge on any atom is -0.222 e. The number of hydrogen-bond donors (Lipinski definition) is 0. The van der Waals surface area contributed by atoms with Gasteiger partial charge in [0.15, 0.2) is 5.65 Å². The second-order valence-corrected chi connectivity index (χ2v) is 8.43. The summed E-state index contributed by atoms with van der Waals surface area (Å²) in [6.07, 6.45) is 4.58. The van der Waals surface area contributed by atoms with Gasteiger partial charge in [0.25, 0.3) is 10.0 Å². The van der Waals surface area contributed by atoms with Crippen LogP contribution in [-0.2, 0) is 10.0 Å². The van der Waals surface area contributed by atoms with Gasteiger partial charge in [-0.2, -0.15) is 23.0 Å². The molecule has 0 radical (unpaired) electrons. The molecular weight excluding hydrogens is 430 g/mol. The van der Waals surface area contributed by atoms with Crippen molar-refractivity contribution in [3.8, 4) is 0 Å². The molecule has 0 N–H and O–H groups in total. The molecule has 0 aliphatic heterocycles. The van der Waals surface area contributed by atoms with E-state index in [0.717, 1.165) is 4.41 Å². The van der Waals surface area contributed by atoms with Crippen LogP contribution < -0.4 is 0 Å². The molecule has 0 unspecified atom stereocenters. The lowest BCUT2D eigenvalue weighted by Crippen LogP contribution is -2.22. The number of aromatic nitrogens is 3. The molecule has 1 aromatic carbocycles. The number of nitrogens with zero attached hydrogens (tertiary/aromatic N) is 5. The molecule has 0 spiro atoms. The number of benzene rings is 1. The molecule has 130 valence electrons. The Kier molecular flexibility index (Phi) is 4.81. The van der Waals surface area contributed by atoms with Gasteiger partial charge in [0.05, 0.1) is 22.9 Å². The maximum Gasteiger partial charge on any atom is 0.279 e. The highest BCUT2D eigenvalue weighted by Gasteiger charge is 2.22. The predicted molar refractivity (Wildman–Crippen MR) is 99.4 cm³/mol. The molecule has 3 rings (SSSR count). The van der Waals surface area contributed by atoms with Crippen molar-refractivity contribution in [1.29, 1.82) is 0 Å². The fourth-order valence-corrected chi connectivity index (χ4v) is 4.01. The van der Waals surface area contributed by atoms with Gasteiger partial charge in [-0.1, -0.05) is 33.6 Å². The summed E-state index contributed by atoms with van der Waals surface area (Å²) in [4.78, 5) is 4.34. The molecule has 0 atom stereocenters. The molecule has 25 heavy (non-hydrogen) atoms. The van der Waals surface area contributed by atoms with Crippen LogP contribution in [-0.4, -0.2) is 40.7 Å². The zero-order chi connectivity index (χ0) is 18.2. The smallest absolute Gasteiger partial charge is 0.222 e. The van der Waals surface area contributed by atoms with Crippen molar-refractivity contribution < 1.29 is 8.42 Å². The first-order valence-electron chi connectivity index (χ1n) is 7.08. The van der Waals surface area contributed by atoms with E-state index < -0.39 is 10.0 Å². The summed E-state index contributed by atoms with van der Waals surface area (Å²) >= 11 is 9.18. The van der Waals surface area contributed by atoms with E-state index in [1.165, 1.54) is 24.0 Å². The Morgan fingerprint density at radius 3 is 2.88 bits per heavy atom. The van der Waals surface area contributed by atoms with Gasteiger partial charge in [-0.25, -0.2) is 9.50 Å². The topological polar surface area (TPSA) is 79.9 Å². The molecule has 3 aromatic rings. The van der Waals surface area contributed by atoms with Crippen LogP contribution >= 0.6 is 27.5 Å². The third-order valence-corrected chi connectivity index (χ3v) is 5.99. The van der Waals surface area contributed by atoms with Crippen molar-refractivity contribution in [1.82, 2.24) is 19.0 Å². The van der Waals surface area contributed by atoms with Crippen molar-refractivity contribution >= 4 is 49.4 Å². The van der Waals surface area contributed by atoms with Crippen LogP contribution in [0.3, 0.4) is 0 Å². The Hall–Kier alpha value is -1.97. The van der Waals surface area contributed by atoms with E-state index >= 15 is 0 Å². The summed E-state index contributed by atoms with van der Waals surface area (Å²) < 4.78 is 28.5. The predicted octanol–water partition coefficient (Wildman–Crippen LogP) is 3.11. The Morgan fingerprint density at radius 1 is 1.36 bits per heavy atom. The van der Waals surface area contributed by atoms with E-state index in [1.54, 1.807) is 37.4 Å². The fraction of sp³-hybridized carbons (Fsp3) is 0.133. The lowest BCUT2D eigenvalue weighted by Gasteiger charge is -2.15. The zero-order valence-electron chi connectivity index (χ0n) is 13.3. The van der Waals surface area contributed by atoms with E-state index in [4.69, 9.17) is 11.6 Å². The van der Waals surface area contributed by atoms with Gasteiger partial charge >= 0.3 is 0 Å². The molecule has 7 nitrogen and oxygen atoms in total. The van der Waals surface area contributed by atoms with Crippen LogP contribution in [0.25, 0.3) is 5.65 Å². The first kappa shape index (κ1) is 17.8. The van der Waals surface area contributed by atoms with E-state index in [2.05, 4.69) is 31.1 Å². The molecule has 0 saturated heterocycles. The maximum absolute atomic E-state index is 12.7.